The molecule has 90 valence electrons. The molecule has 0 spiro atoms. The Morgan fingerprint density at radius 2 is 2.29 bits per heavy atom. The molecule has 0 saturated heterocycles. The maximum Gasteiger partial charge on any atom is 0.140 e. The zero-order valence-corrected chi connectivity index (χ0v) is 10.9. The van der Waals surface area contributed by atoms with Crippen molar-refractivity contribution in [3.05, 3.63) is 39.4 Å². The molecule has 4 nitrogen and oxygen atoms in total. The smallest absolute Gasteiger partial charge is 0.140 e. The van der Waals surface area contributed by atoms with Gasteiger partial charge in [0.05, 0.1) is 18.7 Å². The molecule has 6 heteroatoms. The molecule has 0 radical (unpaired) electrons. The quantitative estimate of drug-likeness (QED) is 0.866. The summed E-state index contributed by atoms with van der Waals surface area (Å²) in [6.07, 6.45) is 1.40. The summed E-state index contributed by atoms with van der Waals surface area (Å²) in [4.78, 5) is 11.2. The number of hydrogen-bond donors (Lipinski definition) is 1. The molecule has 0 amide bonds. The lowest BCUT2D eigenvalue weighted by Crippen LogP contribution is -2.19. The van der Waals surface area contributed by atoms with Gasteiger partial charge in [-0.25, -0.2) is 9.97 Å². The van der Waals surface area contributed by atoms with Gasteiger partial charge in [0.25, 0.3) is 0 Å². The van der Waals surface area contributed by atoms with Gasteiger partial charge in [0.15, 0.2) is 0 Å². The van der Waals surface area contributed by atoms with Crippen molar-refractivity contribution in [1.82, 2.24) is 9.97 Å². The van der Waals surface area contributed by atoms with Crippen LogP contribution in [0, 0.1) is 0 Å². The van der Waals surface area contributed by atoms with Crippen molar-refractivity contribution in [3.8, 4) is 0 Å². The molecule has 0 aliphatic carbocycles. The van der Waals surface area contributed by atoms with Crippen LogP contribution in [0.2, 0.25) is 5.15 Å². The highest BCUT2D eigenvalue weighted by atomic mass is 35.5. The molecular formula is C11H12ClN3OS. The van der Waals surface area contributed by atoms with Crippen molar-refractivity contribution in [2.75, 3.05) is 11.9 Å². The molecule has 2 rings (SSSR count). The third-order valence-electron chi connectivity index (χ3n) is 2.36. The summed E-state index contributed by atoms with van der Waals surface area (Å²) >= 11 is 7.60. The molecule has 0 aliphatic rings. The van der Waals surface area contributed by atoms with E-state index in [1.165, 1.54) is 11.2 Å². The first-order valence-corrected chi connectivity index (χ1v) is 6.32. The summed E-state index contributed by atoms with van der Waals surface area (Å²) in [5.74, 6) is 0.668. The molecule has 0 atom stereocenters. The lowest BCUT2D eigenvalue weighted by atomic mass is 10.3. The van der Waals surface area contributed by atoms with Gasteiger partial charge in [-0.15, -0.1) is 11.3 Å². The van der Waals surface area contributed by atoms with Gasteiger partial charge >= 0.3 is 0 Å². The first-order chi connectivity index (χ1) is 8.22. The summed E-state index contributed by atoms with van der Waals surface area (Å²) in [6, 6.07) is 4.07. The first kappa shape index (κ1) is 12.3. The Labute approximate surface area is 109 Å². The van der Waals surface area contributed by atoms with Gasteiger partial charge in [0.2, 0.25) is 0 Å². The van der Waals surface area contributed by atoms with E-state index in [-0.39, 0.29) is 6.61 Å². The van der Waals surface area contributed by atoms with Crippen LogP contribution in [0.15, 0.2) is 23.8 Å². The summed E-state index contributed by atoms with van der Waals surface area (Å²) in [5.41, 5.74) is 0.563. The van der Waals surface area contributed by atoms with Gasteiger partial charge in [-0.1, -0.05) is 17.7 Å². The molecule has 2 aromatic heterocycles. The van der Waals surface area contributed by atoms with Crippen LogP contribution in [0.1, 0.15) is 10.4 Å². The van der Waals surface area contributed by atoms with E-state index in [1.807, 2.05) is 23.4 Å². The van der Waals surface area contributed by atoms with Crippen LogP contribution >= 0.6 is 22.9 Å². The SMILES string of the molecule is CN(Cc1cccs1)c1ncnc(Cl)c1CO. The second-order valence-electron chi connectivity index (χ2n) is 3.56. The van der Waals surface area contributed by atoms with Gasteiger partial charge in [-0.05, 0) is 11.4 Å². The minimum Gasteiger partial charge on any atom is -0.391 e. The zero-order valence-electron chi connectivity index (χ0n) is 9.30. The second-order valence-corrected chi connectivity index (χ2v) is 4.95. The Kier molecular flexibility index (Phi) is 3.93. The monoisotopic (exact) mass is 269 g/mol. The molecule has 2 aromatic rings. The maximum absolute atomic E-state index is 9.29. The molecular weight excluding hydrogens is 258 g/mol. The van der Waals surface area contributed by atoms with E-state index in [0.717, 1.165) is 6.54 Å². The fourth-order valence-corrected chi connectivity index (χ4v) is 2.50. The topological polar surface area (TPSA) is 49.2 Å². The highest BCUT2D eigenvalue weighted by molar-refractivity contribution is 7.09. The van der Waals surface area contributed by atoms with Crippen molar-refractivity contribution in [2.45, 2.75) is 13.2 Å². The van der Waals surface area contributed by atoms with Crippen molar-refractivity contribution in [1.29, 1.82) is 0 Å². The van der Waals surface area contributed by atoms with Crippen LogP contribution in [-0.4, -0.2) is 22.1 Å². The predicted molar refractivity (Wildman–Crippen MR) is 69.4 cm³/mol. The van der Waals surface area contributed by atoms with E-state index in [1.54, 1.807) is 11.3 Å². The molecule has 0 aliphatic heterocycles. The fourth-order valence-electron chi connectivity index (χ4n) is 1.56. The molecule has 0 fully saturated rings. The number of anilines is 1. The molecule has 0 saturated carbocycles. The number of thiophene rings is 1. The van der Waals surface area contributed by atoms with Crippen LogP contribution in [0.3, 0.4) is 0 Å². The minimum atomic E-state index is -0.163. The number of aromatic nitrogens is 2. The number of rotatable bonds is 4. The Hall–Kier alpha value is -1.17. The van der Waals surface area contributed by atoms with Crippen molar-refractivity contribution in [2.24, 2.45) is 0 Å². The number of halogens is 1. The zero-order chi connectivity index (χ0) is 12.3. The van der Waals surface area contributed by atoms with E-state index in [0.29, 0.717) is 16.5 Å². The van der Waals surface area contributed by atoms with Gasteiger partial charge in [0, 0.05) is 11.9 Å². The van der Waals surface area contributed by atoms with Crippen LogP contribution in [0.25, 0.3) is 0 Å². The van der Waals surface area contributed by atoms with E-state index in [4.69, 9.17) is 11.6 Å². The van der Waals surface area contributed by atoms with Crippen LogP contribution in [-0.2, 0) is 13.2 Å². The Balaban J connectivity index is 2.24. The van der Waals surface area contributed by atoms with Crippen LogP contribution in [0.5, 0.6) is 0 Å². The summed E-state index contributed by atoms with van der Waals surface area (Å²) < 4.78 is 0. The third kappa shape index (κ3) is 2.74. The molecule has 1 N–H and O–H groups in total. The number of hydrogen-bond acceptors (Lipinski definition) is 5. The van der Waals surface area contributed by atoms with E-state index < -0.39 is 0 Å². The minimum absolute atomic E-state index is 0.163. The number of aliphatic hydroxyl groups excluding tert-OH is 1. The van der Waals surface area contributed by atoms with Gasteiger partial charge in [-0.3, -0.25) is 0 Å². The second kappa shape index (κ2) is 5.44. The highest BCUT2D eigenvalue weighted by Gasteiger charge is 2.13. The largest absolute Gasteiger partial charge is 0.391 e. The summed E-state index contributed by atoms with van der Waals surface area (Å²) in [7, 11) is 1.91. The van der Waals surface area contributed by atoms with Crippen molar-refractivity contribution < 1.29 is 5.11 Å². The van der Waals surface area contributed by atoms with Gasteiger partial charge in [0.1, 0.15) is 17.3 Å². The molecule has 0 bridgehead atoms. The number of aliphatic hydroxyl groups is 1. The maximum atomic E-state index is 9.29. The highest BCUT2D eigenvalue weighted by Crippen LogP contribution is 2.24. The predicted octanol–water partition coefficient (Wildman–Crippen LogP) is 2.32. The molecule has 2 heterocycles. The normalized spacial score (nSPS) is 10.5. The lowest BCUT2D eigenvalue weighted by molar-refractivity contribution is 0.281. The third-order valence-corrected chi connectivity index (χ3v) is 3.55. The van der Waals surface area contributed by atoms with E-state index in [9.17, 15) is 5.11 Å². The van der Waals surface area contributed by atoms with Crippen LogP contribution in [0.4, 0.5) is 5.82 Å². The van der Waals surface area contributed by atoms with E-state index >= 15 is 0 Å². The Bertz CT molecular complexity index is 489. The van der Waals surface area contributed by atoms with E-state index in [2.05, 4.69) is 16.0 Å². The summed E-state index contributed by atoms with van der Waals surface area (Å²) in [6.45, 7) is 0.571. The lowest BCUT2D eigenvalue weighted by Gasteiger charge is -2.19. The van der Waals surface area contributed by atoms with Gasteiger partial charge < -0.3 is 10.0 Å². The van der Waals surface area contributed by atoms with Crippen molar-refractivity contribution in [3.63, 3.8) is 0 Å². The van der Waals surface area contributed by atoms with Gasteiger partial charge in [-0.2, -0.15) is 0 Å². The summed E-state index contributed by atoms with van der Waals surface area (Å²) in [5, 5.41) is 11.6. The van der Waals surface area contributed by atoms with Crippen molar-refractivity contribution >= 4 is 28.8 Å². The standard InChI is InChI=1S/C11H12ClN3OS/c1-15(5-8-3-2-4-17-8)11-9(6-16)10(12)13-7-14-11/h2-4,7,16H,5-6H2,1H3. The fraction of sp³-hybridized carbons (Fsp3) is 0.273. The molecule has 0 aromatic carbocycles. The number of nitrogens with zero attached hydrogens (tertiary/aromatic N) is 3. The molecule has 17 heavy (non-hydrogen) atoms. The first-order valence-electron chi connectivity index (χ1n) is 5.06. The Morgan fingerprint density at radius 3 is 2.94 bits per heavy atom. The average Bonchev–Trinajstić information content (AvgIpc) is 2.81. The average molecular weight is 270 g/mol. The Morgan fingerprint density at radius 1 is 1.47 bits per heavy atom. The van der Waals surface area contributed by atoms with Crippen LogP contribution < -0.4 is 4.90 Å². The molecule has 0 unspecified atom stereocenters.